The van der Waals surface area contributed by atoms with Gasteiger partial charge >= 0.3 is 0 Å². The number of hydrogen-bond donors (Lipinski definition) is 13. The van der Waals surface area contributed by atoms with Gasteiger partial charge in [-0.15, -0.1) is 0 Å². The third-order valence-electron chi connectivity index (χ3n) is 30.2. The predicted octanol–water partition coefficient (Wildman–Crippen LogP) is 22.0. The number of benzene rings is 11. The van der Waals surface area contributed by atoms with Gasteiger partial charge in [-0.2, -0.15) is 25.3 Å². The van der Waals surface area contributed by atoms with Gasteiger partial charge in [0.1, 0.15) is 0 Å². The molecule has 3 saturated carbocycles. The number of carbonyl (C=O) groups excluding carboxylic acids is 5. The summed E-state index contributed by atoms with van der Waals surface area (Å²) in [6.45, 7) is 18.2. The highest BCUT2D eigenvalue weighted by atomic mass is 32.1. The molecular weight excluding hydrogens is 1750 g/mol. The van der Waals surface area contributed by atoms with Crippen LogP contribution in [0.25, 0.3) is 54.5 Å². The number of ketones is 5. The van der Waals surface area contributed by atoms with E-state index in [2.05, 4.69) is 372 Å². The van der Waals surface area contributed by atoms with Crippen molar-refractivity contribution in [3.63, 3.8) is 0 Å². The molecule has 18 heteroatoms. The van der Waals surface area contributed by atoms with Gasteiger partial charge in [-0.05, 0) is 200 Å². The average molecular weight is 1890 g/mol. The first-order valence-corrected chi connectivity index (χ1v) is 51.4. The predicted molar refractivity (Wildman–Crippen MR) is 578 cm³/mol. The molecule has 0 spiro atoms. The molecule has 19 rings (SSSR count). The molecule has 16 nitrogen and oxygen atoms in total. The van der Waals surface area contributed by atoms with Gasteiger partial charge in [-0.25, -0.2) is 0 Å². The molecule has 3 aliphatic rings. The molecule has 139 heavy (non-hydrogen) atoms. The van der Waals surface area contributed by atoms with Crippen LogP contribution in [-0.2, 0) is 66.9 Å². The minimum Gasteiger partial charge on any atom is -0.361 e. The number of rotatable bonds is 41. The second kappa shape index (κ2) is 47.3. The monoisotopic (exact) mass is 1890 g/mol. The molecule has 0 amide bonds. The van der Waals surface area contributed by atoms with Crippen molar-refractivity contribution in [1.82, 2.24) is 51.5 Å². The minimum absolute atomic E-state index is 0.0412. The first-order chi connectivity index (χ1) is 67.8. The van der Waals surface area contributed by atoms with Gasteiger partial charge in [-0.3, -0.25) is 24.0 Å². The van der Waals surface area contributed by atoms with Crippen LogP contribution in [0.15, 0.2) is 334 Å². The summed E-state index contributed by atoms with van der Waals surface area (Å²) in [6, 6.07) is 105. The maximum absolute atomic E-state index is 16.8. The molecule has 3 aliphatic carbocycles. The Morgan fingerprint density at radius 2 is 0.561 bits per heavy atom. The number of H-pyrrole nitrogens is 5. The zero-order valence-electron chi connectivity index (χ0n) is 81.2. The fourth-order valence-corrected chi connectivity index (χ4v) is 22.6. The standard InChI is InChI=1S/C54H50N2O.C33H41N5O2.C18H24N2O.C16H22N2OS2/c1-3-55-50(38-41-39-56-49-37-23-22-36-48(41)49)52(57)51(54(45-30-16-7-17-31-45,46-32-18-8-19-33-46)47-34-20-9-21-35-47)40(2)53(42-24-10-4-11-25-42,43-26-12-5-13-27-43)44-28-14-6-15-29-44;1-20-10-11-23(20)32(39)30(16-21-18-37-28-8-4-2-6-24(21)28)35-14-15-36-31(33(40)26-12-13-27(26)34)17-22-19-38-29-9-5-3-7-25(22)29;1-3-19-17(18(21)14-9-8-12(14)2)10-13-11-20-16-7-5-4-6-15(13)16;1-3-17-14(15(19)16(21)10(2)20)8-11-9-18-13-7-5-4-6-12(11)13/h4-37,39-40,50-51,55-56H,3,38H2,1-2H3;2-9,18-20,23,26-27,30-31,35-38H,10-17,34H2,1H3;4-7,11-12,14,17,19-20H,3,8-10H2,1-2H3;4-7,9-10,14,16-18,20-21H,3,8H2,1-2H3/t40-,50+,51-;20-,23+,26-,27+,30+,31+;12-,14+,17+;10-,14-,16-/m1110/s1. The van der Waals surface area contributed by atoms with E-state index in [1.54, 1.807) is 0 Å². The molecule has 0 radical (unpaired) electrons. The fourth-order valence-electron chi connectivity index (χ4n) is 22.3. The lowest BCUT2D eigenvalue weighted by atomic mass is 9.49. The van der Waals surface area contributed by atoms with Crippen LogP contribution in [0.2, 0.25) is 0 Å². The molecule has 718 valence electrons. The van der Waals surface area contributed by atoms with Crippen molar-refractivity contribution in [2.45, 2.75) is 177 Å². The lowest BCUT2D eigenvalue weighted by molar-refractivity contribution is -0.130. The summed E-state index contributed by atoms with van der Waals surface area (Å²) in [4.78, 5) is 85.8. The minimum atomic E-state index is -0.905. The average Bonchev–Trinajstić information content (AvgIpc) is 1.32. The van der Waals surface area contributed by atoms with Crippen LogP contribution < -0.4 is 32.3 Å². The first-order valence-electron chi connectivity index (χ1n) is 50.4. The number of aromatic amines is 5. The Labute approximate surface area is 830 Å². The molecule has 0 bridgehead atoms. The van der Waals surface area contributed by atoms with Crippen LogP contribution in [0.4, 0.5) is 0 Å². The van der Waals surface area contributed by atoms with E-state index in [1.807, 2.05) is 87.2 Å². The topological polar surface area (TPSA) is 250 Å². The molecule has 0 saturated heterocycles. The van der Waals surface area contributed by atoms with E-state index < -0.39 is 22.8 Å². The molecular formula is C121H137N11O5S2. The van der Waals surface area contributed by atoms with E-state index in [0.717, 1.165) is 146 Å². The Morgan fingerprint density at radius 1 is 0.317 bits per heavy atom. The molecule has 5 heterocycles. The molecule has 12 N–H and O–H groups in total. The van der Waals surface area contributed by atoms with E-state index in [9.17, 15) is 19.2 Å². The van der Waals surface area contributed by atoms with Gasteiger partial charge < -0.3 is 57.2 Å². The number of thiol groups is 2. The van der Waals surface area contributed by atoms with Crippen molar-refractivity contribution in [1.29, 1.82) is 0 Å². The maximum Gasteiger partial charge on any atom is 0.163 e. The van der Waals surface area contributed by atoms with E-state index in [1.165, 1.54) is 28.1 Å². The first kappa shape index (κ1) is 99.9. The van der Waals surface area contributed by atoms with Gasteiger partial charge in [0, 0.05) is 139 Å². The molecule has 3 fully saturated rings. The third-order valence-corrected chi connectivity index (χ3v) is 31.4. The number of para-hydroxylation sites is 5. The second-order valence-corrected chi connectivity index (χ2v) is 40.0. The number of likely N-dealkylation sites (N-methyl/N-ethyl adjacent to an activating group) is 3. The van der Waals surface area contributed by atoms with Crippen molar-refractivity contribution >= 4 is 109 Å². The summed E-state index contributed by atoms with van der Waals surface area (Å²) in [5.74, 6) is 1.63. The summed E-state index contributed by atoms with van der Waals surface area (Å²) >= 11 is 8.74. The number of Topliss-reactive ketones (excluding diaryl/α,β-unsaturated/α-hetero) is 5. The number of aromatic nitrogens is 5. The molecule has 11 aromatic carbocycles. The van der Waals surface area contributed by atoms with Crippen LogP contribution >= 0.6 is 25.3 Å². The number of fused-ring (bicyclic) bond motifs is 5. The molecule has 16 aromatic rings. The highest BCUT2D eigenvalue weighted by Crippen LogP contribution is 2.57. The molecule has 0 aliphatic heterocycles. The lowest BCUT2D eigenvalue weighted by Gasteiger charge is -2.52. The van der Waals surface area contributed by atoms with E-state index in [0.29, 0.717) is 68.7 Å². The summed E-state index contributed by atoms with van der Waals surface area (Å²) in [5.41, 5.74) is 22.5. The third kappa shape index (κ3) is 22.2. The quantitative estimate of drug-likeness (QED) is 0.00975. The molecule has 5 aromatic heterocycles. The molecule has 0 unspecified atom stereocenters. The summed E-state index contributed by atoms with van der Waals surface area (Å²) in [6.07, 6.45) is 19.6. The smallest absolute Gasteiger partial charge is 0.163 e. The zero-order chi connectivity index (χ0) is 96.9. The summed E-state index contributed by atoms with van der Waals surface area (Å²) in [5, 5.41) is 23.0. The Hall–Kier alpha value is -12.1. The van der Waals surface area contributed by atoms with Crippen molar-refractivity contribution in [2.75, 3.05) is 32.7 Å². The van der Waals surface area contributed by atoms with Gasteiger partial charge in [0.15, 0.2) is 28.9 Å². The highest BCUT2D eigenvalue weighted by molar-refractivity contribution is 7.85. The van der Waals surface area contributed by atoms with Crippen molar-refractivity contribution in [3.8, 4) is 0 Å². The van der Waals surface area contributed by atoms with E-state index >= 15 is 4.79 Å². The maximum atomic E-state index is 16.8. The number of nitrogens with one attached hydrogen (secondary N) is 10. The van der Waals surface area contributed by atoms with Gasteiger partial charge in [0.2, 0.25) is 0 Å². The summed E-state index contributed by atoms with van der Waals surface area (Å²) in [7, 11) is 0. The Morgan fingerprint density at radius 3 is 0.813 bits per heavy atom. The lowest BCUT2D eigenvalue weighted by Crippen LogP contribution is -2.56. The van der Waals surface area contributed by atoms with Gasteiger partial charge in [0.05, 0.1) is 40.9 Å². The van der Waals surface area contributed by atoms with Crippen LogP contribution in [-0.4, -0.2) is 133 Å². The number of nitrogens with two attached hydrogens (primary N) is 1. The van der Waals surface area contributed by atoms with Gasteiger partial charge in [0.25, 0.3) is 0 Å². The largest absolute Gasteiger partial charge is 0.361 e. The van der Waals surface area contributed by atoms with Crippen molar-refractivity contribution < 1.29 is 24.0 Å². The molecule has 15 atom stereocenters. The second-order valence-electron chi connectivity index (χ2n) is 38.6. The van der Waals surface area contributed by atoms with Crippen LogP contribution in [0.5, 0.6) is 0 Å². The Balaban J connectivity index is 0.000000146. The van der Waals surface area contributed by atoms with Crippen molar-refractivity contribution in [3.05, 3.63) is 396 Å². The van der Waals surface area contributed by atoms with Crippen LogP contribution in [0.1, 0.15) is 148 Å². The summed E-state index contributed by atoms with van der Waals surface area (Å²) < 4.78 is 0. The normalized spacial score (nSPS) is 18.3. The van der Waals surface area contributed by atoms with Gasteiger partial charge in [-0.1, -0.05) is 321 Å². The van der Waals surface area contributed by atoms with E-state index in [4.69, 9.17) is 5.73 Å². The Kier molecular flexibility index (Phi) is 34.0. The van der Waals surface area contributed by atoms with Crippen LogP contribution in [0, 0.1) is 41.4 Å². The fraction of sp³-hybridized carbons (Fsp3) is 0.331. The van der Waals surface area contributed by atoms with Crippen molar-refractivity contribution in [2.24, 2.45) is 47.2 Å². The number of hydrogen-bond acceptors (Lipinski definition) is 13. The van der Waals surface area contributed by atoms with E-state index in [-0.39, 0.29) is 81.7 Å². The highest BCUT2D eigenvalue weighted by Gasteiger charge is 2.57. The number of carbonyl (C=O) groups is 5. The van der Waals surface area contributed by atoms with Crippen LogP contribution in [0.3, 0.4) is 0 Å². The Bertz CT molecular complexity index is 6270. The zero-order valence-corrected chi connectivity index (χ0v) is 83.0. The SMILES string of the molecule is CCN[C@@H](Cc1c[nH]c2ccccc12)C(=O)[C@@H](S)[C@H](C)S.CCN[C@@H](Cc1c[nH]c2ccccc12)C(=O)[C@@H]([C@@H](C)C(c1ccccc1)(c1ccccc1)c1ccccc1)C(c1ccccc1)(c1ccccc1)c1ccccc1.CCN[C@@H](Cc1c[nH]c2ccccc12)C(=O)[C@H]1CC[C@H]1C.C[C@@H]1CC[C@@H]1C(=O)[C@H](Cc1c[nH]c2ccccc12)NCCN[C@@H](Cc1c[nH]c2ccccc12)C(=O)[C@@H]1CC[C@@H]1N.